The monoisotopic (exact) mass is 376 g/mol. The molecule has 2 aromatic carbocycles. The van der Waals surface area contributed by atoms with Gasteiger partial charge in [-0.25, -0.2) is 8.42 Å². The SMILES string of the molecule is Cc1ccc(O[C@H](C)C(=O)Nc2cccc(N(C)S(C)(=O)=O)c2)c(C)c1. The normalized spacial score (nSPS) is 12.3. The van der Waals surface area contributed by atoms with Crippen LogP contribution in [-0.4, -0.2) is 33.7 Å². The van der Waals surface area contributed by atoms with Crippen molar-refractivity contribution in [2.75, 3.05) is 22.9 Å². The van der Waals surface area contributed by atoms with Gasteiger partial charge in [-0.1, -0.05) is 23.8 Å². The Labute approximate surface area is 154 Å². The Bertz CT molecular complexity index is 910. The van der Waals surface area contributed by atoms with Crippen LogP contribution in [0, 0.1) is 13.8 Å². The molecule has 0 unspecified atom stereocenters. The van der Waals surface area contributed by atoms with E-state index in [9.17, 15) is 13.2 Å². The molecule has 7 heteroatoms. The molecule has 0 aliphatic rings. The topological polar surface area (TPSA) is 75.7 Å². The number of anilines is 2. The number of amides is 1. The first kappa shape index (κ1) is 19.8. The van der Waals surface area contributed by atoms with E-state index in [-0.39, 0.29) is 5.91 Å². The number of benzene rings is 2. The summed E-state index contributed by atoms with van der Waals surface area (Å²) >= 11 is 0. The van der Waals surface area contributed by atoms with Crippen molar-refractivity contribution in [2.45, 2.75) is 26.9 Å². The maximum Gasteiger partial charge on any atom is 0.265 e. The van der Waals surface area contributed by atoms with Crippen molar-refractivity contribution in [1.29, 1.82) is 0 Å². The number of carbonyl (C=O) groups is 1. The summed E-state index contributed by atoms with van der Waals surface area (Å²) in [5, 5.41) is 2.75. The van der Waals surface area contributed by atoms with Gasteiger partial charge in [-0.2, -0.15) is 0 Å². The Morgan fingerprint density at radius 2 is 1.85 bits per heavy atom. The largest absolute Gasteiger partial charge is 0.481 e. The molecule has 0 spiro atoms. The fourth-order valence-electron chi connectivity index (χ4n) is 2.39. The molecule has 1 amide bonds. The smallest absolute Gasteiger partial charge is 0.265 e. The van der Waals surface area contributed by atoms with Gasteiger partial charge in [0.05, 0.1) is 11.9 Å². The molecule has 140 valence electrons. The Balaban J connectivity index is 2.09. The Kier molecular flexibility index (Phi) is 5.92. The first-order valence-electron chi connectivity index (χ1n) is 8.16. The molecule has 0 saturated heterocycles. The second-order valence-corrected chi connectivity index (χ2v) is 8.31. The van der Waals surface area contributed by atoms with Gasteiger partial charge in [0.15, 0.2) is 6.10 Å². The molecule has 1 N–H and O–H groups in total. The minimum absolute atomic E-state index is 0.316. The standard InChI is InChI=1S/C19H24N2O4S/c1-13-9-10-18(14(2)11-13)25-15(3)19(22)20-16-7-6-8-17(12-16)21(4)26(5,23)24/h6-12,15H,1-5H3,(H,20,22)/t15-/m1/s1. The molecule has 0 aliphatic carbocycles. The number of nitrogens with one attached hydrogen (secondary N) is 1. The van der Waals surface area contributed by atoms with Crippen LogP contribution in [0.5, 0.6) is 5.75 Å². The maximum atomic E-state index is 12.4. The van der Waals surface area contributed by atoms with Crippen molar-refractivity contribution in [3.63, 3.8) is 0 Å². The summed E-state index contributed by atoms with van der Waals surface area (Å²) in [6.07, 6.45) is 0.422. The van der Waals surface area contributed by atoms with E-state index in [4.69, 9.17) is 4.74 Å². The first-order valence-corrected chi connectivity index (χ1v) is 10.0. The van der Waals surface area contributed by atoms with Crippen LogP contribution in [0.1, 0.15) is 18.1 Å². The van der Waals surface area contributed by atoms with Gasteiger partial charge in [0, 0.05) is 12.7 Å². The quantitative estimate of drug-likeness (QED) is 0.840. The summed E-state index contributed by atoms with van der Waals surface area (Å²) in [5.74, 6) is 0.341. The molecule has 2 aromatic rings. The van der Waals surface area contributed by atoms with Crippen LogP contribution in [0.2, 0.25) is 0 Å². The molecule has 0 fully saturated rings. The lowest BCUT2D eigenvalue weighted by Crippen LogP contribution is -2.30. The highest BCUT2D eigenvalue weighted by Crippen LogP contribution is 2.22. The van der Waals surface area contributed by atoms with Gasteiger partial charge >= 0.3 is 0 Å². The van der Waals surface area contributed by atoms with Gasteiger partial charge in [0.25, 0.3) is 5.91 Å². The predicted octanol–water partition coefficient (Wildman–Crippen LogP) is 3.11. The van der Waals surface area contributed by atoms with E-state index in [1.54, 1.807) is 31.2 Å². The molecular formula is C19H24N2O4S. The number of carbonyl (C=O) groups excluding carboxylic acids is 1. The van der Waals surface area contributed by atoms with E-state index >= 15 is 0 Å². The highest BCUT2D eigenvalue weighted by atomic mass is 32.2. The zero-order valence-electron chi connectivity index (χ0n) is 15.6. The fourth-order valence-corrected chi connectivity index (χ4v) is 2.89. The Hall–Kier alpha value is -2.54. The minimum atomic E-state index is -3.37. The molecule has 26 heavy (non-hydrogen) atoms. The van der Waals surface area contributed by atoms with E-state index in [2.05, 4.69) is 5.32 Å². The lowest BCUT2D eigenvalue weighted by molar-refractivity contribution is -0.122. The number of rotatable bonds is 6. The van der Waals surface area contributed by atoms with Crippen LogP contribution in [-0.2, 0) is 14.8 Å². The van der Waals surface area contributed by atoms with E-state index < -0.39 is 16.1 Å². The molecule has 1 atom stereocenters. The predicted molar refractivity (Wildman–Crippen MR) is 104 cm³/mol. The molecule has 0 bridgehead atoms. The maximum absolute atomic E-state index is 12.4. The number of aryl methyl sites for hydroxylation is 2. The average molecular weight is 376 g/mol. The fraction of sp³-hybridized carbons (Fsp3) is 0.316. The van der Waals surface area contributed by atoms with Gasteiger partial charge in [0.2, 0.25) is 10.0 Å². The van der Waals surface area contributed by atoms with E-state index in [1.165, 1.54) is 7.05 Å². The number of ether oxygens (including phenoxy) is 1. The lowest BCUT2D eigenvalue weighted by Gasteiger charge is -2.19. The van der Waals surface area contributed by atoms with Crippen LogP contribution in [0.3, 0.4) is 0 Å². The lowest BCUT2D eigenvalue weighted by atomic mass is 10.1. The van der Waals surface area contributed by atoms with Crippen molar-refractivity contribution in [3.05, 3.63) is 53.6 Å². The van der Waals surface area contributed by atoms with Crippen molar-refractivity contribution in [1.82, 2.24) is 0 Å². The zero-order chi connectivity index (χ0) is 19.5. The average Bonchev–Trinajstić information content (AvgIpc) is 2.56. The van der Waals surface area contributed by atoms with E-state index in [0.717, 1.165) is 21.7 Å². The van der Waals surface area contributed by atoms with Crippen molar-refractivity contribution in [3.8, 4) is 5.75 Å². The third-order valence-corrected chi connectivity index (χ3v) is 5.18. The first-order chi connectivity index (χ1) is 12.1. The molecule has 0 radical (unpaired) electrons. The zero-order valence-corrected chi connectivity index (χ0v) is 16.4. The van der Waals surface area contributed by atoms with Gasteiger partial charge < -0.3 is 10.1 Å². The van der Waals surface area contributed by atoms with Crippen LogP contribution in [0.25, 0.3) is 0 Å². The second-order valence-electron chi connectivity index (χ2n) is 6.30. The summed E-state index contributed by atoms with van der Waals surface area (Å²) in [5.41, 5.74) is 3.05. The molecule has 0 aliphatic heterocycles. The summed E-state index contributed by atoms with van der Waals surface area (Å²) in [4.78, 5) is 12.4. The van der Waals surface area contributed by atoms with Gasteiger partial charge in [-0.15, -0.1) is 0 Å². The summed E-state index contributed by atoms with van der Waals surface area (Å²) in [7, 11) is -1.91. The molecule has 0 saturated carbocycles. The van der Waals surface area contributed by atoms with E-state index in [1.807, 2.05) is 32.0 Å². The highest BCUT2D eigenvalue weighted by Gasteiger charge is 2.17. The third-order valence-electron chi connectivity index (χ3n) is 3.98. The number of sulfonamides is 1. The third kappa shape index (κ3) is 4.98. The molecule has 2 rings (SSSR count). The summed E-state index contributed by atoms with van der Waals surface area (Å²) in [6.45, 7) is 5.59. The van der Waals surface area contributed by atoms with Crippen LogP contribution in [0.15, 0.2) is 42.5 Å². The summed E-state index contributed by atoms with van der Waals surface area (Å²) < 4.78 is 30.2. The molecule has 6 nitrogen and oxygen atoms in total. The second kappa shape index (κ2) is 7.78. The summed E-state index contributed by atoms with van der Waals surface area (Å²) in [6, 6.07) is 12.4. The van der Waals surface area contributed by atoms with Gasteiger partial charge in [-0.3, -0.25) is 9.10 Å². The molecule has 0 heterocycles. The van der Waals surface area contributed by atoms with Crippen LogP contribution in [0.4, 0.5) is 11.4 Å². The van der Waals surface area contributed by atoms with Crippen molar-refractivity contribution < 1.29 is 17.9 Å². The Morgan fingerprint density at radius 1 is 1.15 bits per heavy atom. The minimum Gasteiger partial charge on any atom is -0.481 e. The molecule has 0 aromatic heterocycles. The van der Waals surface area contributed by atoms with Crippen molar-refractivity contribution >= 4 is 27.3 Å². The molecular weight excluding hydrogens is 352 g/mol. The number of hydrogen-bond acceptors (Lipinski definition) is 4. The van der Waals surface area contributed by atoms with Gasteiger partial charge in [0.1, 0.15) is 5.75 Å². The van der Waals surface area contributed by atoms with Gasteiger partial charge in [-0.05, 0) is 50.6 Å². The highest BCUT2D eigenvalue weighted by molar-refractivity contribution is 7.92. The number of hydrogen-bond donors (Lipinski definition) is 1. The number of nitrogens with zero attached hydrogens (tertiary/aromatic N) is 1. The van der Waals surface area contributed by atoms with Crippen molar-refractivity contribution in [2.24, 2.45) is 0 Å². The van der Waals surface area contributed by atoms with Crippen LogP contribution >= 0.6 is 0 Å². The van der Waals surface area contributed by atoms with E-state index in [0.29, 0.717) is 17.1 Å². The van der Waals surface area contributed by atoms with Crippen LogP contribution < -0.4 is 14.4 Å². The Morgan fingerprint density at radius 3 is 2.46 bits per heavy atom.